The van der Waals surface area contributed by atoms with Crippen molar-refractivity contribution in [1.82, 2.24) is 4.90 Å². The van der Waals surface area contributed by atoms with Gasteiger partial charge in [0.05, 0.1) is 0 Å². The van der Waals surface area contributed by atoms with E-state index < -0.39 is 0 Å². The summed E-state index contributed by atoms with van der Waals surface area (Å²) in [5, 5.41) is 0. The maximum atomic E-state index is 6.66. The van der Waals surface area contributed by atoms with Crippen molar-refractivity contribution in [2.75, 3.05) is 26.2 Å². The zero-order valence-electron chi connectivity index (χ0n) is 7.92. The lowest BCUT2D eigenvalue weighted by molar-refractivity contribution is 0.192. The van der Waals surface area contributed by atoms with E-state index in [1.807, 2.05) is 0 Å². The Labute approximate surface area is 75.4 Å². The molecule has 0 unspecified atom stereocenters. The van der Waals surface area contributed by atoms with Crippen LogP contribution in [-0.2, 0) is 0 Å². The number of likely N-dealkylation sites (tertiary alicyclic amines) is 1. The van der Waals surface area contributed by atoms with Gasteiger partial charge < -0.3 is 9.74 Å². The van der Waals surface area contributed by atoms with Gasteiger partial charge in [-0.15, -0.1) is 0 Å². The van der Waals surface area contributed by atoms with Gasteiger partial charge in [0.25, 0.3) is 0 Å². The summed E-state index contributed by atoms with van der Waals surface area (Å²) in [6.07, 6.45) is 3.74. The molecule has 0 spiro atoms. The Hall–Kier alpha value is -0.550. The molecule has 0 aromatic carbocycles. The highest BCUT2D eigenvalue weighted by molar-refractivity contribution is 4.70. The van der Waals surface area contributed by atoms with Crippen molar-refractivity contribution in [3.63, 3.8) is 0 Å². The normalized spacial score (nSPS) is 20.7. The van der Waals surface area contributed by atoms with Crippen LogP contribution in [0.15, 0.2) is 0 Å². The second-order valence-corrected chi connectivity index (χ2v) is 3.76. The summed E-state index contributed by atoms with van der Waals surface area (Å²) in [5.41, 5.74) is 0. The monoisotopic (exact) mass is 166 g/mol. The molecule has 0 amide bonds. The molecule has 0 bridgehead atoms. The van der Waals surface area contributed by atoms with E-state index in [0.29, 0.717) is 6.54 Å². The Bertz CT molecular complexity index is 152. The third-order valence-electron chi connectivity index (χ3n) is 2.62. The van der Waals surface area contributed by atoms with Gasteiger partial charge in [0, 0.05) is 13.0 Å². The highest BCUT2D eigenvalue weighted by Gasteiger charge is 2.14. The van der Waals surface area contributed by atoms with Crippen molar-refractivity contribution in [2.45, 2.75) is 26.2 Å². The third kappa shape index (κ3) is 3.23. The van der Waals surface area contributed by atoms with Crippen LogP contribution in [0.1, 0.15) is 26.2 Å². The molecule has 1 rings (SSSR count). The quantitative estimate of drug-likeness (QED) is 0.460. The molecular formula is C10H18N2. The topological polar surface area (TPSA) is 7.60 Å². The first-order chi connectivity index (χ1) is 5.83. The molecule has 2 heteroatoms. The zero-order chi connectivity index (χ0) is 8.81. The average Bonchev–Trinajstić information content (AvgIpc) is 2.09. The van der Waals surface area contributed by atoms with E-state index >= 15 is 0 Å². The van der Waals surface area contributed by atoms with Crippen molar-refractivity contribution < 1.29 is 0 Å². The molecule has 0 aromatic heterocycles. The lowest BCUT2D eigenvalue weighted by atomic mass is 9.99. The lowest BCUT2D eigenvalue weighted by Crippen LogP contribution is -2.33. The van der Waals surface area contributed by atoms with Gasteiger partial charge in [0.15, 0.2) is 0 Å². The summed E-state index contributed by atoms with van der Waals surface area (Å²) in [6.45, 7) is 13.3. The Kier molecular flexibility index (Phi) is 4.10. The van der Waals surface area contributed by atoms with Gasteiger partial charge in [-0.05, 0) is 31.8 Å². The molecule has 1 saturated heterocycles. The minimum Gasteiger partial charge on any atom is -0.317 e. The number of piperidine rings is 1. The van der Waals surface area contributed by atoms with E-state index in [2.05, 4.69) is 16.7 Å². The first kappa shape index (κ1) is 9.54. The van der Waals surface area contributed by atoms with Crippen LogP contribution in [0.5, 0.6) is 0 Å². The molecule has 1 fully saturated rings. The third-order valence-corrected chi connectivity index (χ3v) is 2.62. The predicted octanol–water partition coefficient (Wildman–Crippen LogP) is 2.03. The second kappa shape index (κ2) is 5.16. The minimum absolute atomic E-state index is 0.700. The van der Waals surface area contributed by atoms with Gasteiger partial charge in [-0.2, -0.15) is 0 Å². The van der Waals surface area contributed by atoms with Crippen LogP contribution in [0.3, 0.4) is 0 Å². The molecular weight excluding hydrogens is 148 g/mol. The fourth-order valence-electron chi connectivity index (χ4n) is 1.66. The van der Waals surface area contributed by atoms with Crippen LogP contribution in [0.4, 0.5) is 0 Å². The molecule has 0 saturated carbocycles. The van der Waals surface area contributed by atoms with Crippen LogP contribution < -0.4 is 0 Å². The minimum atomic E-state index is 0.700. The van der Waals surface area contributed by atoms with Gasteiger partial charge >= 0.3 is 0 Å². The van der Waals surface area contributed by atoms with E-state index in [0.717, 1.165) is 18.9 Å². The van der Waals surface area contributed by atoms with Gasteiger partial charge in [-0.25, -0.2) is 6.57 Å². The van der Waals surface area contributed by atoms with E-state index in [1.165, 1.54) is 25.9 Å². The Morgan fingerprint density at radius 3 is 2.67 bits per heavy atom. The summed E-state index contributed by atoms with van der Waals surface area (Å²) in [7, 11) is 0. The number of hydrogen-bond acceptors (Lipinski definition) is 1. The largest absolute Gasteiger partial charge is 0.317 e. The van der Waals surface area contributed by atoms with Gasteiger partial charge in [-0.3, -0.25) is 0 Å². The molecule has 0 radical (unpaired) electrons. The standard InChI is InChI=1S/C10H18N2/c1-10-4-8-12(9-5-10)7-3-6-11-2/h10H,3-9H2,1H3. The maximum absolute atomic E-state index is 6.66. The predicted molar refractivity (Wildman–Crippen MR) is 50.9 cm³/mol. The Morgan fingerprint density at radius 1 is 1.42 bits per heavy atom. The van der Waals surface area contributed by atoms with Crippen LogP contribution >= 0.6 is 0 Å². The van der Waals surface area contributed by atoms with Crippen LogP contribution in [-0.4, -0.2) is 31.1 Å². The van der Waals surface area contributed by atoms with E-state index in [4.69, 9.17) is 6.57 Å². The Morgan fingerprint density at radius 2 is 2.08 bits per heavy atom. The summed E-state index contributed by atoms with van der Waals surface area (Å²) in [5.74, 6) is 0.919. The van der Waals surface area contributed by atoms with Gasteiger partial charge in [-0.1, -0.05) is 6.92 Å². The van der Waals surface area contributed by atoms with E-state index in [1.54, 1.807) is 0 Å². The van der Waals surface area contributed by atoms with E-state index in [-0.39, 0.29) is 0 Å². The molecule has 2 nitrogen and oxygen atoms in total. The van der Waals surface area contributed by atoms with Crippen LogP contribution in [0, 0.1) is 12.5 Å². The fourth-order valence-corrected chi connectivity index (χ4v) is 1.66. The SMILES string of the molecule is [C-]#[N+]CCCN1CCC(C)CC1. The fraction of sp³-hybridized carbons (Fsp3) is 0.900. The van der Waals surface area contributed by atoms with E-state index in [9.17, 15) is 0 Å². The number of nitrogens with zero attached hydrogens (tertiary/aromatic N) is 2. The Balaban J connectivity index is 2.06. The molecule has 68 valence electrons. The van der Waals surface area contributed by atoms with Gasteiger partial charge in [0.1, 0.15) is 0 Å². The van der Waals surface area contributed by atoms with Crippen molar-refractivity contribution in [2.24, 2.45) is 5.92 Å². The first-order valence-corrected chi connectivity index (χ1v) is 4.88. The molecule has 1 heterocycles. The molecule has 1 aliphatic rings. The molecule has 0 atom stereocenters. The van der Waals surface area contributed by atoms with Crippen LogP contribution in [0.2, 0.25) is 0 Å². The average molecular weight is 166 g/mol. The summed E-state index contributed by atoms with van der Waals surface area (Å²) < 4.78 is 0. The number of rotatable bonds is 3. The molecule has 12 heavy (non-hydrogen) atoms. The summed E-state index contributed by atoms with van der Waals surface area (Å²) >= 11 is 0. The molecule has 1 aliphatic heterocycles. The smallest absolute Gasteiger partial charge is 0.215 e. The summed E-state index contributed by atoms with van der Waals surface area (Å²) in [4.78, 5) is 5.85. The van der Waals surface area contributed by atoms with Crippen molar-refractivity contribution >= 4 is 0 Å². The second-order valence-electron chi connectivity index (χ2n) is 3.76. The van der Waals surface area contributed by atoms with Crippen molar-refractivity contribution in [3.05, 3.63) is 11.4 Å². The highest BCUT2D eigenvalue weighted by Crippen LogP contribution is 2.15. The maximum Gasteiger partial charge on any atom is 0.215 e. The van der Waals surface area contributed by atoms with Crippen molar-refractivity contribution in [1.29, 1.82) is 0 Å². The molecule has 0 aromatic rings. The molecule has 0 aliphatic carbocycles. The first-order valence-electron chi connectivity index (χ1n) is 4.88. The summed E-state index contributed by atoms with van der Waals surface area (Å²) in [6, 6.07) is 0. The lowest BCUT2D eigenvalue weighted by Gasteiger charge is -2.29. The van der Waals surface area contributed by atoms with Gasteiger partial charge in [0.2, 0.25) is 6.54 Å². The van der Waals surface area contributed by atoms with Crippen molar-refractivity contribution in [3.8, 4) is 0 Å². The molecule has 0 N–H and O–H groups in total. The van der Waals surface area contributed by atoms with Crippen LogP contribution in [0.25, 0.3) is 4.85 Å². The highest BCUT2D eigenvalue weighted by atomic mass is 15.1. The number of hydrogen-bond donors (Lipinski definition) is 0. The zero-order valence-corrected chi connectivity index (χ0v) is 7.92.